The monoisotopic (exact) mass is 377 g/mol. The lowest BCUT2D eigenvalue weighted by Gasteiger charge is -2.30. The molecule has 0 radical (unpaired) electrons. The lowest BCUT2D eigenvalue weighted by atomic mass is 9.96. The summed E-state index contributed by atoms with van der Waals surface area (Å²) in [6.45, 7) is 2.20. The Balaban J connectivity index is 1.18. The quantitative estimate of drug-likeness (QED) is 0.682. The average molecular weight is 377 g/mol. The molecule has 1 amide bonds. The zero-order valence-corrected chi connectivity index (χ0v) is 15.7. The van der Waals surface area contributed by atoms with Gasteiger partial charge in [-0.3, -0.25) is 4.79 Å². The summed E-state index contributed by atoms with van der Waals surface area (Å²) in [5.74, 6) is 2.39. The van der Waals surface area contributed by atoms with Gasteiger partial charge >= 0.3 is 0 Å². The van der Waals surface area contributed by atoms with Gasteiger partial charge in [0.05, 0.1) is 6.33 Å². The molecule has 1 aromatic carbocycles. The van der Waals surface area contributed by atoms with E-state index in [2.05, 4.69) is 15.2 Å². The van der Waals surface area contributed by atoms with E-state index in [0.717, 1.165) is 68.2 Å². The third-order valence-corrected chi connectivity index (χ3v) is 5.64. The van der Waals surface area contributed by atoms with Gasteiger partial charge in [0.25, 0.3) is 5.91 Å². The third kappa shape index (κ3) is 3.56. The van der Waals surface area contributed by atoms with Crippen molar-refractivity contribution >= 4 is 5.91 Å². The second kappa shape index (κ2) is 7.22. The van der Waals surface area contributed by atoms with E-state index in [1.165, 1.54) is 0 Å². The minimum Gasteiger partial charge on any atom is -0.425 e. The van der Waals surface area contributed by atoms with E-state index in [1.807, 2.05) is 39.9 Å². The molecule has 0 spiro atoms. The zero-order chi connectivity index (χ0) is 18.9. The molecule has 144 valence electrons. The molecule has 1 aliphatic carbocycles. The first-order chi connectivity index (χ1) is 13.8. The van der Waals surface area contributed by atoms with Crippen LogP contribution in [0, 0.1) is 0 Å². The molecule has 3 aromatic rings. The van der Waals surface area contributed by atoms with Crippen LogP contribution in [0.4, 0.5) is 0 Å². The van der Waals surface area contributed by atoms with Crippen LogP contribution >= 0.6 is 0 Å². The number of carbonyl (C=O) groups excluding carboxylic acids is 1. The number of likely N-dealkylation sites (tertiary alicyclic amines) is 1. The van der Waals surface area contributed by atoms with Gasteiger partial charge in [0.2, 0.25) is 11.8 Å². The molecule has 2 fully saturated rings. The smallest absolute Gasteiger partial charge is 0.253 e. The van der Waals surface area contributed by atoms with Crippen LogP contribution in [0.25, 0.3) is 0 Å². The van der Waals surface area contributed by atoms with Gasteiger partial charge in [-0.25, -0.2) is 4.98 Å². The van der Waals surface area contributed by atoms with Crippen molar-refractivity contribution in [1.29, 1.82) is 0 Å². The number of hydrogen-bond donors (Lipinski definition) is 0. The van der Waals surface area contributed by atoms with E-state index < -0.39 is 0 Å². The molecule has 28 heavy (non-hydrogen) atoms. The fourth-order valence-corrected chi connectivity index (χ4v) is 3.76. The maximum atomic E-state index is 12.8. The van der Waals surface area contributed by atoms with Crippen molar-refractivity contribution in [2.45, 2.75) is 44.1 Å². The van der Waals surface area contributed by atoms with Gasteiger partial charge in [-0.15, -0.1) is 10.2 Å². The van der Waals surface area contributed by atoms with Crippen LogP contribution in [0.3, 0.4) is 0 Å². The molecule has 1 saturated carbocycles. The summed E-state index contributed by atoms with van der Waals surface area (Å²) in [6.07, 6.45) is 9.56. The highest BCUT2D eigenvalue weighted by molar-refractivity contribution is 5.94. The first kappa shape index (κ1) is 17.2. The Kier molecular flexibility index (Phi) is 4.43. The molecule has 2 aliphatic rings. The van der Waals surface area contributed by atoms with Crippen LogP contribution in [0.15, 0.2) is 47.4 Å². The average Bonchev–Trinajstić information content (AvgIpc) is 3.24. The summed E-state index contributed by atoms with van der Waals surface area (Å²) in [5.41, 5.74) is 1.89. The highest BCUT2D eigenvalue weighted by Crippen LogP contribution is 2.40. The van der Waals surface area contributed by atoms with Crippen LogP contribution in [-0.4, -0.2) is 43.6 Å². The van der Waals surface area contributed by atoms with Crippen LogP contribution in [0.1, 0.15) is 65.2 Å². The molecule has 2 aromatic heterocycles. The second-order valence-electron chi connectivity index (χ2n) is 7.75. The lowest BCUT2D eigenvalue weighted by molar-refractivity contribution is 0.0706. The molecule has 0 atom stereocenters. The molecule has 0 N–H and O–H groups in total. The summed E-state index contributed by atoms with van der Waals surface area (Å²) in [4.78, 5) is 18.8. The molecule has 5 rings (SSSR count). The number of benzene rings is 1. The number of imidazole rings is 1. The number of carbonyl (C=O) groups is 1. The first-order valence-electron chi connectivity index (χ1n) is 9.93. The van der Waals surface area contributed by atoms with E-state index in [9.17, 15) is 4.79 Å². The maximum absolute atomic E-state index is 12.8. The molecule has 3 heterocycles. The standard InChI is InChI=1S/C21H23N5O2/c27-21(18-3-1-15(2-4-18)13-25-12-9-22-14-25)26-10-7-17(8-11-26)20-24-23-19(28-20)16-5-6-16/h1-4,9,12,14,16-17H,5-8,10-11,13H2. The Morgan fingerprint density at radius 3 is 2.29 bits per heavy atom. The number of hydrogen-bond acceptors (Lipinski definition) is 5. The van der Waals surface area contributed by atoms with E-state index in [-0.39, 0.29) is 11.8 Å². The van der Waals surface area contributed by atoms with Crippen molar-refractivity contribution in [2.75, 3.05) is 13.1 Å². The topological polar surface area (TPSA) is 77.1 Å². The normalized spacial score (nSPS) is 17.8. The fraction of sp³-hybridized carbons (Fsp3) is 0.429. The number of piperidine rings is 1. The van der Waals surface area contributed by atoms with Gasteiger partial charge in [0.15, 0.2) is 0 Å². The largest absolute Gasteiger partial charge is 0.425 e. The van der Waals surface area contributed by atoms with Crippen LogP contribution in [0.5, 0.6) is 0 Å². The number of rotatable bonds is 5. The molecule has 1 aliphatic heterocycles. The lowest BCUT2D eigenvalue weighted by Crippen LogP contribution is -2.38. The van der Waals surface area contributed by atoms with Gasteiger partial charge < -0.3 is 13.9 Å². The van der Waals surface area contributed by atoms with Crippen molar-refractivity contribution < 1.29 is 9.21 Å². The summed E-state index contributed by atoms with van der Waals surface area (Å²) < 4.78 is 7.86. The highest BCUT2D eigenvalue weighted by Gasteiger charge is 2.32. The number of nitrogens with zero attached hydrogens (tertiary/aromatic N) is 5. The first-order valence-corrected chi connectivity index (χ1v) is 9.93. The number of aromatic nitrogens is 4. The Morgan fingerprint density at radius 1 is 1.00 bits per heavy atom. The third-order valence-electron chi connectivity index (χ3n) is 5.64. The van der Waals surface area contributed by atoms with Gasteiger partial charge in [-0.1, -0.05) is 12.1 Å². The maximum Gasteiger partial charge on any atom is 0.253 e. The molecular formula is C21H23N5O2. The summed E-state index contributed by atoms with van der Waals surface area (Å²) in [5, 5.41) is 8.43. The van der Waals surface area contributed by atoms with Gasteiger partial charge in [0, 0.05) is 49.4 Å². The zero-order valence-electron chi connectivity index (χ0n) is 15.7. The van der Waals surface area contributed by atoms with Crippen molar-refractivity contribution in [3.63, 3.8) is 0 Å². The van der Waals surface area contributed by atoms with Gasteiger partial charge in [0.1, 0.15) is 0 Å². The molecule has 1 saturated heterocycles. The summed E-state index contributed by atoms with van der Waals surface area (Å²) in [7, 11) is 0. The van der Waals surface area contributed by atoms with E-state index in [0.29, 0.717) is 5.92 Å². The van der Waals surface area contributed by atoms with Crippen molar-refractivity contribution in [3.8, 4) is 0 Å². The molecule has 7 heteroatoms. The predicted molar refractivity (Wildman–Crippen MR) is 102 cm³/mol. The van der Waals surface area contributed by atoms with Crippen molar-refractivity contribution in [2.24, 2.45) is 0 Å². The van der Waals surface area contributed by atoms with E-state index in [1.54, 1.807) is 12.5 Å². The molecule has 7 nitrogen and oxygen atoms in total. The molecular weight excluding hydrogens is 354 g/mol. The van der Waals surface area contributed by atoms with E-state index in [4.69, 9.17) is 4.42 Å². The van der Waals surface area contributed by atoms with Crippen LogP contribution in [-0.2, 0) is 6.54 Å². The SMILES string of the molecule is O=C(c1ccc(Cn2ccnc2)cc1)N1CCC(c2nnc(C3CC3)o2)CC1. The Hall–Kier alpha value is -2.96. The fourth-order valence-electron chi connectivity index (χ4n) is 3.76. The summed E-state index contributed by atoms with van der Waals surface area (Å²) >= 11 is 0. The summed E-state index contributed by atoms with van der Waals surface area (Å²) in [6, 6.07) is 7.86. The number of amides is 1. The minimum absolute atomic E-state index is 0.0943. The predicted octanol–water partition coefficient (Wildman–Crippen LogP) is 3.21. The van der Waals surface area contributed by atoms with Crippen LogP contribution < -0.4 is 0 Å². The molecule has 0 bridgehead atoms. The van der Waals surface area contributed by atoms with Gasteiger partial charge in [-0.05, 0) is 43.4 Å². The molecule has 0 unspecified atom stereocenters. The highest BCUT2D eigenvalue weighted by atomic mass is 16.4. The Morgan fingerprint density at radius 2 is 1.68 bits per heavy atom. The van der Waals surface area contributed by atoms with Gasteiger partial charge in [-0.2, -0.15) is 0 Å². The second-order valence-corrected chi connectivity index (χ2v) is 7.75. The van der Waals surface area contributed by atoms with Crippen molar-refractivity contribution in [3.05, 3.63) is 65.9 Å². The Labute approximate surface area is 163 Å². The minimum atomic E-state index is 0.0943. The van der Waals surface area contributed by atoms with E-state index >= 15 is 0 Å². The Bertz CT molecular complexity index is 936. The van der Waals surface area contributed by atoms with Crippen LogP contribution in [0.2, 0.25) is 0 Å². The van der Waals surface area contributed by atoms with Crippen molar-refractivity contribution in [1.82, 2.24) is 24.6 Å².